The minimum atomic E-state index is 0. The Morgan fingerprint density at radius 2 is 1.22 bits per heavy atom. The second-order valence-corrected chi connectivity index (χ2v) is 14.0. The predicted molar refractivity (Wildman–Crippen MR) is 250 cm³/mol. The average molecular weight is 856 g/mol. The number of guanidine groups is 1. The number of nitrogens with two attached hydrogens (primary N) is 1. The number of fused-ring (bicyclic) bond motifs is 2. The molecule has 0 atom stereocenters. The third kappa shape index (κ3) is 10.9. The summed E-state index contributed by atoms with van der Waals surface area (Å²) in [6.07, 6.45) is 12.4. The standard InChI is InChI=1S/C22H22N8O.C17H16N6O.C6H5N2.CH4/c23-22(26-18-3-1-9-24-15-18)25-17-7-5-16(6-8-17)20-27-21(29-11-13-31-14-12-29)19-4-2-10-30(19)28-20;18-12-19-14-5-3-13(4-6-14)16-20-17(22-8-10-24-11-9-22)15-2-1-7-23(15)21-16;1-7-6-3-2-4-8-5-6;/h1-10,15H,11-14H2,(H3,23,25,26);1-7,19H,8-11H2;1-5H;1H4/q;;+1;. The maximum Gasteiger partial charge on any atom is 0.357 e. The van der Waals surface area contributed by atoms with E-state index in [0.717, 1.165) is 77.0 Å². The summed E-state index contributed by atoms with van der Waals surface area (Å²) in [5, 5.41) is 23.6. The first kappa shape index (κ1) is 43.6. The van der Waals surface area contributed by atoms with Crippen molar-refractivity contribution in [2.45, 2.75) is 7.43 Å². The first-order valence-electron chi connectivity index (χ1n) is 20.1. The summed E-state index contributed by atoms with van der Waals surface area (Å²) >= 11 is 0. The highest BCUT2D eigenvalue weighted by Crippen LogP contribution is 2.27. The Labute approximate surface area is 370 Å². The van der Waals surface area contributed by atoms with Crippen LogP contribution in [-0.2, 0) is 9.47 Å². The van der Waals surface area contributed by atoms with E-state index < -0.39 is 0 Å². The van der Waals surface area contributed by atoms with Gasteiger partial charge in [0.15, 0.2) is 35.4 Å². The molecule has 4 N–H and O–H groups in total. The van der Waals surface area contributed by atoms with Crippen molar-refractivity contribution in [3.05, 3.63) is 139 Å². The molecule has 8 aromatic rings. The summed E-state index contributed by atoms with van der Waals surface area (Å²) in [6.45, 7) is 11.0. The van der Waals surface area contributed by atoms with E-state index >= 15 is 0 Å². The van der Waals surface area contributed by atoms with Gasteiger partial charge in [-0.25, -0.2) is 24.0 Å². The zero-order valence-corrected chi connectivity index (χ0v) is 34.1. The van der Waals surface area contributed by atoms with Gasteiger partial charge in [-0.05, 0) is 95.8 Å². The molecule has 0 amide bonds. The van der Waals surface area contributed by atoms with E-state index in [9.17, 15) is 0 Å². The molecule has 0 spiro atoms. The number of rotatable bonds is 7. The van der Waals surface area contributed by atoms with Gasteiger partial charge in [0.2, 0.25) is 0 Å². The van der Waals surface area contributed by atoms with Crippen LogP contribution in [0.5, 0.6) is 0 Å². The van der Waals surface area contributed by atoms with Crippen molar-refractivity contribution in [1.82, 2.24) is 39.2 Å². The van der Waals surface area contributed by atoms with Crippen molar-refractivity contribution in [2.24, 2.45) is 10.7 Å². The number of aromatic nitrogens is 8. The molecule has 0 saturated carbocycles. The molecule has 0 bridgehead atoms. The Hall–Kier alpha value is -8.45. The minimum Gasteiger partial charge on any atom is -0.378 e. The van der Waals surface area contributed by atoms with Crippen LogP contribution in [0, 0.1) is 18.0 Å². The molecular weight excluding hydrogens is 809 g/mol. The molecule has 2 saturated heterocycles. The third-order valence-corrected chi connectivity index (χ3v) is 9.81. The van der Waals surface area contributed by atoms with Crippen LogP contribution in [0.25, 0.3) is 38.7 Å². The van der Waals surface area contributed by atoms with Crippen LogP contribution in [-0.4, -0.2) is 97.7 Å². The van der Waals surface area contributed by atoms with Crippen molar-refractivity contribution in [3.63, 3.8) is 0 Å². The number of aliphatic imine (C=N–C) groups is 1. The zero-order valence-electron chi connectivity index (χ0n) is 34.1. The highest BCUT2D eigenvalue weighted by molar-refractivity contribution is 5.93. The molecule has 0 unspecified atom stereocenters. The van der Waals surface area contributed by atoms with Crippen LogP contribution in [0.15, 0.2) is 139 Å². The van der Waals surface area contributed by atoms with Gasteiger partial charge in [-0.2, -0.15) is 5.26 Å². The molecule has 64 heavy (non-hydrogen) atoms. The van der Waals surface area contributed by atoms with Gasteiger partial charge in [-0.15, -0.1) is 10.2 Å². The lowest BCUT2D eigenvalue weighted by molar-refractivity contribution is 0.122. The van der Waals surface area contributed by atoms with E-state index in [-0.39, 0.29) is 7.43 Å². The zero-order chi connectivity index (χ0) is 43.2. The quantitative estimate of drug-likeness (QED) is 0.0633. The number of hydrogen-bond acceptors (Lipinski definition) is 13. The van der Waals surface area contributed by atoms with E-state index in [2.05, 4.69) is 50.4 Å². The van der Waals surface area contributed by atoms with E-state index in [1.807, 2.05) is 113 Å². The van der Waals surface area contributed by atoms with Gasteiger partial charge in [-0.1, -0.05) is 7.43 Å². The van der Waals surface area contributed by atoms with Crippen molar-refractivity contribution in [3.8, 4) is 35.5 Å². The van der Waals surface area contributed by atoms with Gasteiger partial charge >= 0.3 is 5.69 Å². The van der Waals surface area contributed by atoms with E-state index in [1.54, 1.807) is 36.9 Å². The fourth-order valence-corrected chi connectivity index (χ4v) is 6.73. The van der Waals surface area contributed by atoms with Crippen LogP contribution in [0.1, 0.15) is 7.43 Å². The number of pyridine rings is 2. The summed E-state index contributed by atoms with van der Waals surface area (Å²) in [5.41, 5.74) is 12.8. The topological polar surface area (TPSA) is 202 Å². The molecule has 2 fully saturated rings. The average Bonchev–Trinajstić information content (AvgIpc) is 4.04. The maximum absolute atomic E-state index is 8.68. The molecule has 2 aliphatic rings. The number of hydrogen-bond donors (Lipinski definition) is 3. The molecule has 18 nitrogen and oxygen atoms in total. The highest BCUT2D eigenvalue weighted by atomic mass is 16.5. The lowest BCUT2D eigenvalue weighted by atomic mass is 10.2. The third-order valence-electron chi connectivity index (χ3n) is 9.81. The fourth-order valence-electron chi connectivity index (χ4n) is 6.73. The van der Waals surface area contributed by atoms with Crippen molar-refractivity contribution in [1.29, 1.82) is 5.26 Å². The lowest BCUT2D eigenvalue weighted by Crippen LogP contribution is -2.37. The summed E-state index contributed by atoms with van der Waals surface area (Å²) < 4.78 is 14.7. The molecule has 6 aromatic heterocycles. The molecule has 0 aliphatic carbocycles. The maximum atomic E-state index is 8.68. The van der Waals surface area contributed by atoms with Gasteiger partial charge in [-0.3, -0.25) is 15.3 Å². The molecule has 8 heterocycles. The van der Waals surface area contributed by atoms with Crippen LogP contribution in [0.2, 0.25) is 0 Å². The summed E-state index contributed by atoms with van der Waals surface area (Å²) in [6, 6.07) is 30.5. The van der Waals surface area contributed by atoms with E-state index in [0.29, 0.717) is 49.7 Å². The van der Waals surface area contributed by atoms with E-state index in [1.165, 1.54) is 0 Å². The SMILES string of the molecule is C.C#[N+]c1cccnc1.N#CNc1ccc(-c2nc(N3CCOCC3)c3cccn3n2)cc1.NC(=Nc1ccc(-c2nc(N3CCOCC3)c3cccn3n2)cc1)Nc1cccnc1. The summed E-state index contributed by atoms with van der Waals surface area (Å²) in [5.74, 6) is 3.45. The minimum absolute atomic E-state index is 0. The number of nitriles is 1. The van der Waals surface area contributed by atoms with Crippen molar-refractivity contribution >= 4 is 51.4 Å². The summed E-state index contributed by atoms with van der Waals surface area (Å²) in [4.78, 5) is 29.8. The Morgan fingerprint density at radius 1 is 0.688 bits per heavy atom. The normalized spacial score (nSPS) is 13.6. The van der Waals surface area contributed by atoms with Gasteiger partial charge < -0.3 is 30.3 Å². The molecule has 10 rings (SSSR count). The fraction of sp³-hybridized carbons (Fsp3) is 0.196. The molecular formula is C46H47N16O2+. The second kappa shape index (κ2) is 21.4. The largest absolute Gasteiger partial charge is 0.378 e. The second-order valence-electron chi connectivity index (χ2n) is 14.0. The Bertz CT molecular complexity index is 2840. The molecule has 2 aliphatic heterocycles. The number of nitrogens with zero attached hydrogens (tertiary/aromatic N) is 13. The van der Waals surface area contributed by atoms with Crippen molar-refractivity contribution in [2.75, 3.05) is 73.0 Å². The molecule has 0 radical (unpaired) electrons. The van der Waals surface area contributed by atoms with Gasteiger partial charge in [0.1, 0.15) is 17.2 Å². The van der Waals surface area contributed by atoms with Gasteiger partial charge in [0, 0.05) is 73.8 Å². The molecule has 2 aromatic carbocycles. The Balaban J connectivity index is 0.000000164. The van der Waals surface area contributed by atoms with Gasteiger partial charge in [0.05, 0.1) is 44.0 Å². The number of ether oxygens (including phenoxy) is 2. The van der Waals surface area contributed by atoms with Crippen LogP contribution in [0.4, 0.5) is 34.4 Å². The molecule has 322 valence electrons. The first-order valence-corrected chi connectivity index (χ1v) is 20.1. The highest BCUT2D eigenvalue weighted by Gasteiger charge is 2.20. The monoisotopic (exact) mass is 855 g/mol. The summed E-state index contributed by atoms with van der Waals surface area (Å²) in [7, 11) is 0. The van der Waals surface area contributed by atoms with Crippen LogP contribution in [0.3, 0.4) is 0 Å². The first-order chi connectivity index (χ1) is 31.0. The van der Waals surface area contributed by atoms with Gasteiger partial charge in [0.25, 0.3) is 6.57 Å². The van der Waals surface area contributed by atoms with E-state index in [4.69, 9.17) is 37.0 Å². The predicted octanol–water partition coefficient (Wildman–Crippen LogP) is 7.12. The number of benzene rings is 2. The number of anilines is 4. The number of nitrogens with one attached hydrogen (secondary N) is 2. The number of morpholine rings is 2. The molecule has 18 heteroatoms. The smallest absolute Gasteiger partial charge is 0.357 e. The Morgan fingerprint density at radius 3 is 1.69 bits per heavy atom. The van der Waals surface area contributed by atoms with Crippen LogP contribution < -0.4 is 26.2 Å². The lowest BCUT2D eigenvalue weighted by Gasteiger charge is -2.28. The Kier molecular flexibility index (Phi) is 14.6. The van der Waals surface area contributed by atoms with Crippen LogP contribution >= 0.6 is 0 Å². The van der Waals surface area contributed by atoms with Crippen molar-refractivity contribution < 1.29 is 9.47 Å².